The highest BCUT2D eigenvalue weighted by atomic mass is 32.1. The average Bonchev–Trinajstić information content (AvgIpc) is 2.94. The van der Waals surface area contributed by atoms with Gasteiger partial charge in [0.05, 0.1) is 11.6 Å². The summed E-state index contributed by atoms with van der Waals surface area (Å²) in [5.74, 6) is 0.451. The van der Waals surface area contributed by atoms with E-state index in [2.05, 4.69) is 20.5 Å². The third-order valence-corrected chi connectivity index (χ3v) is 5.18. The van der Waals surface area contributed by atoms with Crippen molar-refractivity contribution in [2.75, 3.05) is 5.43 Å². The van der Waals surface area contributed by atoms with Crippen LogP contribution in [0.1, 0.15) is 28.8 Å². The smallest absolute Gasteiger partial charge is 0.158 e. The average molecular weight is 326 g/mol. The molecule has 0 saturated heterocycles. The molecule has 2 heterocycles. The standard InChI is InChI=1S/C17H15FN4S/c18-12-5-3-4-11(8-12)9-21-22-16-15-13-6-1-2-7-14(13)23-17(15)20-10-19-16/h3-5,8-10H,1-2,6-7H2,(H,19,20,22). The van der Waals surface area contributed by atoms with Gasteiger partial charge in [0.2, 0.25) is 0 Å². The van der Waals surface area contributed by atoms with E-state index in [0.717, 1.165) is 28.9 Å². The van der Waals surface area contributed by atoms with E-state index >= 15 is 0 Å². The monoisotopic (exact) mass is 326 g/mol. The molecule has 23 heavy (non-hydrogen) atoms. The number of aryl methyl sites for hydroxylation is 2. The number of aromatic nitrogens is 2. The van der Waals surface area contributed by atoms with Gasteiger partial charge in [0.15, 0.2) is 5.82 Å². The van der Waals surface area contributed by atoms with Crippen LogP contribution in [0.5, 0.6) is 0 Å². The molecule has 0 aliphatic heterocycles. The van der Waals surface area contributed by atoms with Gasteiger partial charge in [0, 0.05) is 4.88 Å². The molecule has 0 bridgehead atoms. The van der Waals surface area contributed by atoms with Gasteiger partial charge < -0.3 is 0 Å². The second-order valence-corrected chi connectivity index (χ2v) is 6.62. The first kappa shape index (κ1) is 14.3. The van der Waals surface area contributed by atoms with Crippen molar-refractivity contribution in [1.29, 1.82) is 0 Å². The Hall–Kier alpha value is -2.34. The predicted molar refractivity (Wildman–Crippen MR) is 91.7 cm³/mol. The minimum atomic E-state index is -0.273. The Morgan fingerprint density at radius 2 is 2.13 bits per heavy atom. The van der Waals surface area contributed by atoms with Crippen molar-refractivity contribution in [3.63, 3.8) is 0 Å². The molecule has 1 aromatic carbocycles. The number of nitrogens with zero attached hydrogens (tertiary/aromatic N) is 3. The number of benzene rings is 1. The number of fused-ring (bicyclic) bond motifs is 3. The minimum Gasteiger partial charge on any atom is -0.261 e. The van der Waals surface area contributed by atoms with Gasteiger partial charge in [0.25, 0.3) is 0 Å². The molecule has 0 spiro atoms. The molecular formula is C17H15FN4S. The summed E-state index contributed by atoms with van der Waals surface area (Å²) < 4.78 is 13.2. The van der Waals surface area contributed by atoms with Crippen molar-refractivity contribution >= 4 is 33.6 Å². The van der Waals surface area contributed by atoms with Crippen molar-refractivity contribution in [3.05, 3.63) is 52.4 Å². The zero-order valence-electron chi connectivity index (χ0n) is 12.4. The molecule has 0 saturated carbocycles. The van der Waals surface area contributed by atoms with E-state index in [4.69, 9.17) is 0 Å². The van der Waals surface area contributed by atoms with E-state index in [1.165, 1.54) is 35.4 Å². The van der Waals surface area contributed by atoms with Crippen LogP contribution in [0.3, 0.4) is 0 Å². The molecule has 0 amide bonds. The molecule has 4 rings (SSSR count). The number of hydrogen-bond acceptors (Lipinski definition) is 5. The van der Waals surface area contributed by atoms with Crippen LogP contribution in [0.15, 0.2) is 35.7 Å². The number of halogens is 1. The molecule has 1 aliphatic rings. The van der Waals surface area contributed by atoms with Crippen molar-refractivity contribution in [3.8, 4) is 0 Å². The van der Waals surface area contributed by atoms with Crippen LogP contribution in [-0.2, 0) is 12.8 Å². The SMILES string of the molecule is Fc1cccc(C=NNc2ncnc3sc4c(c23)CCCC4)c1. The van der Waals surface area contributed by atoms with Crippen molar-refractivity contribution in [1.82, 2.24) is 9.97 Å². The highest BCUT2D eigenvalue weighted by Crippen LogP contribution is 2.38. The molecule has 0 atom stereocenters. The molecule has 4 nitrogen and oxygen atoms in total. The van der Waals surface area contributed by atoms with E-state index in [1.54, 1.807) is 36.0 Å². The molecule has 0 unspecified atom stereocenters. The van der Waals surface area contributed by atoms with Gasteiger partial charge in [0.1, 0.15) is 17.0 Å². The Bertz CT molecular complexity index is 887. The van der Waals surface area contributed by atoms with Gasteiger partial charge in [-0.1, -0.05) is 12.1 Å². The molecule has 6 heteroatoms. The largest absolute Gasteiger partial charge is 0.261 e. The fraction of sp³-hybridized carbons (Fsp3) is 0.235. The van der Waals surface area contributed by atoms with Crippen LogP contribution < -0.4 is 5.43 Å². The third-order valence-electron chi connectivity index (χ3n) is 3.98. The van der Waals surface area contributed by atoms with Gasteiger partial charge in [-0.25, -0.2) is 14.4 Å². The number of nitrogens with one attached hydrogen (secondary N) is 1. The lowest BCUT2D eigenvalue weighted by atomic mass is 9.97. The van der Waals surface area contributed by atoms with Crippen molar-refractivity contribution in [2.45, 2.75) is 25.7 Å². The molecule has 1 aliphatic carbocycles. The maximum atomic E-state index is 13.2. The Kier molecular flexibility index (Phi) is 3.75. The number of hydrazone groups is 1. The number of rotatable bonds is 3. The normalized spacial score (nSPS) is 14.3. The summed E-state index contributed by atoms with van der Waals surface area (Å²) in [7, 11) is 0. The maximum absolute atomic E-state index is 13.2. The van der Waals surface area contributed by atoms with Crippen molar-refractivity contribution in [2.24, 2.45) is 5.10 Å². The summed E-state index contributed by atoms with van der Waals surface area (Å²) in [6, 6.07) is 6.31. The summed E-state index contributed by atoms with van der Waals surface area (Å²) in [5.41, 5.74) is 5.06. The molecule has 2 aromatic heterocycles. The lowest BCUT2D eigenvalue weighted by molar-refractivity contribution is 0.627. The van der Waals surface area contributed by atoms with E-state index in [1.807, 2.05) is 0 Å². The molecule has 3 aromatic rings. The summed E-state index contributed by atoms with van der Waals surface area (Å²) in [6.45, 7) is 0. The quantitative estimate of drug-likeness (QED) is 0.581. The number of thiophene rings is 1. The lowest BCUT2D eigenvalue weighted by Crippen LogP contribution is -2.01. The van der Waals surface area contributed by atoms with E-state index in [9.17, 15) is 4.39 Å². The molecular weight excluding hydrogens is 311 g/mol. The molecule has 1 N–H and O–H groups in total. The topological polar surface area (TPSA) is 50.2 Å². The first-order valence-corrected chi connectivity index (χ1v) is 8.43. The number of anilines is 1. The highest BCUT2D eigenvalue weighted by Gasteiger charge is 2.19. The summed E-state index contributed by atoms with van der Waals surface area (Å²) in [5, 5.41) is 5.29. The second kappa shape index (κ2) is 6.04. The highest BCUT2D eigenvalue weighted by molar-refractivity contribution is 7.19. The zero-order valence-corrected chi connectivity index (χ0v) is 13.2. The molecule has 116 valence electrons. The fourth-order valence-corrected chi connectivity index (χ4v) is 4.16. The first-order chi connectivity index (χ1) is 11.3. The van der Waals surface area contributed by atoms with Gasteiger partial charge in [-0.3, -0.25) is 5.43 Å². The Balaban J connectivity index is 1.65. The van der Waals surface area contributed by atoms with Crippen molar-refractivity contribution < 1.29 is 4.39 Å². The van der Waals surface area contributed by atoms with E-state index in [0.29, 0.717) is 5.56 Å². The van der Waals surface area contributed by atoms with Gasteiger partial charge in [-0.15, -0.1) is 11.3 Å². The molecule has 0 radical (unpaired) electrons. The van der Waals surface area contributed by atoms with E-state index in [-0.39, 0.29) is 5.82 Å². The fourth-order valence-electron chi connectivity index (χ4n) is 2.93. The predicted octanol–water partition coefficient (Wildman–Crippen LogP) is 4.16. The van der Waals surface area contributed by atoms with E-state index < -0.39 is 0 Å². The van der Waals surface area contributed by atoms with Crippen LogP contribution in [-0.4, -0.2) is 16.2 Å². The summed E-state index contributed by atoms with van der Waals surface area (Å²) >= 11 is 1.75. The molecule has 0 fully saturated rings. The van der Waals surface area contributed by atoms with Gasteiger partial charge >= 0.3 is 0 Å². The lowest BCUT2D eigenvalue weighted by Gasteiger charge is -2.11. The van der Waals surface area contributed by atoms with Gasteiger partial charge in [-0.05, 0) is 48.9 Å². The van der Waals surface area contributed by atoms with Crippen LogP contribution >= 0.6 is 11.3 Å². The minimum absolute atomic E-state index is 0.273. The second-order valence-electron chi connectivity index (χ2n) is 5.54. The van der Waals surface area contributed by atoms with Gasteiger partial charge in [-0.2, -0.15) is 5.10 Å². The number of hydrogen-bond donors (Lipinski definition) is 1. The van der Waals surface area contributed by atoms with Crippen LogP contribution in [0.2, 0.25) is 0 Å². The Morgan fingerprint density at radius 1 is 1.22 bits per heavy atom. The third kappa shape index (κ3) is 2.82. The maximum Gasteiger partial charge on any atom is 0.158 e. The first-order valence-electron chi connectivity index (χ1n) is 7.61. The Morgan fingerprint density at radius 3 is 3.04 bits per heavy atom. The summed E-state index contributed by atoms with van der Waals surface area (Å²) in [4.78, 5) is 11.2. The van der Waals surface area contributed by atoms with Crippen LogP contribution in [0, 0.1) is 5.82 Å². The Labute approximate surface area is 137 Å². The summed E-state index contributed by atoms with van der Waals surface area (Å²) in [6.07, 6.45) is 7.81. The van der Waals surface area contributed by atoms with Crippen LogP contribution in [0.4, 0.5) is 10.2 Å². The van der Waals surface area contributed by atoms with Crippen LogP contribution in [0.25, 0.3) is 10.2 Å². The zero-order chi connectivity index (χ0) is 15.6.